The van der Waals surface area contributed by atoms with E-state index in [9.17, 15) is 9.90 Å². The van der Waals surface area contributed by atoms with E-state index in [4.69, 9.17) is 9.84 Å². The number of ether oxygens (including phenoxy) is 1. The number of aromatic hydroxyl groups is 1. The highest BCUT2D eigenvalue weighted by atomic mass is 79.9. The number of aromatic carboxylic acids is 1. The first-order chi connectivity index (χ1) is 6.57. The predicted molar refractivity (Wildman–Crippen MR) is 53.5 cm³/mol. The molecule has 5 heteroatoms. The third-order valence-corrected chi connectivity index (χ3v) is 2.37. The second kappa shape index (κ2) is 4.43. The van der Waals surface area contributed by atoms with E-state index < -0.39 is 5.97 Å². The van der Waals surface area contributed by atoms with Crippen LogP contribution in [0.1, 0.15) is 15.9 Å². The maximum Gasteiger partial charge on any atom is 0.339 e. The molecule has 1 rings (SSSR count). The highest BCUT2D eigenvalue weighted by molar-refractivity contribution is 9.10. The van der Waals surface area contributed by atoms with Crippen LogP contribution in [0.5, 0.6) is 5.75 Å². The Labute approximate surface area is 89.3 Å². The summed E-state index contributed by atoms with van der Waals surface area (Å²) in [4.78, 5) is 10.8. The Morgan fingerprint density at radius 3 is 2.71 bits per heavy atom. The number of rotatable bonds is 3. The van der Waals surface area contributed by atoms with Crippen LogP contribution in [0.4, 0.5) is 0 Å². The minimum atomic E-state index is -1.17. The molecule has 0 heterocycles. The molecule has 0 saturated heterocycles. The Kier molecular flexibility index (Phi) is 3.49. The average Bonchev–Trinajstić information content (AvgIpc) is 2.11. The molecule has 0 aromatic heterocycles. The molecule has 0 fully saturated rings. The van der Waals surface area contributed by atoms with E-state index in [1.54, 1.807) is 12.1 Å². The van der Waals surface area contributed by atoms with Crippen LogP contribution < -0.4 is 0 Å². The molecule has 14 heavy (non-hydrogen) atoms. The number of halogens is 1. The molecule has 0 aliphatic rings. The second-order valence-electron chi connectivity index (χ2n) is 2.67. The zero-order valence-electron chi connectivity index (χ0n) is 7.45. The first-order valence-corrected chi connectivity index (χ1v) is 4.59. The molecule has 0 bridgehead atoms. The highest BCUT2D eigenvalue weighted by Crippen LogP contribution is 2.30. The molecule has 0 saturated carbocycles. The van der Waals surface area contributed by atoms with Gasteiger partial charge in [0.05, 0.1) is 11.1 Å². The van der Waals surface area contributed by atoms with Gasteiger partial charge in [-0.15, -0.1) is 0 Å². The fourth-order valence-electron chi connectivity index (χ4n) is 1.12. The molecule has 0 aliphatic carbocycles. The van der Waals surface area contributed by atoms with E-state index in [-0.39, 0.29) is 17.9 Å². The summed E-state index contributed by atoms with van der Waals surface area (Å²) < 4.78 is 5.18. The van der Waals surface area contributed by atoms with E-state index in [2.05, 4.69) is 15.9 Å². The van der Waals surface area contributed by atoms with Gasteiger partial charge in [-0.1, -0.05) is 6.07 Å². The van der Waals surface area contributed by atoms with Gasteiger partial charge in [0.1, 0.15) is 11.3 Å². The molecule has 0 amide bonds. The van der Waals surface area contributed by atoms with Crippen LogP contribution in [0, 0.1) is 0 Å². The zero-order valence-corrected chi connectivity index (χ0v) is 9.04. The molecule has 1 aromatic carbocycles. The van der Waals surface area contributed by atoms with Crippen LogP contribution in [-0.2, 0) is 11.3 Å². The van der Waals surface area contributed by atoms with Gasteiger partial charge in [-0.2, -0.15) is 0 Å². The molecule has 0 spiro atoms. The molecular formula is C9H9BrO4. The SMILES string of the molecule is COCc1ccc(Br)c(O)c1C(=O)O. The fourth-order valence-corrected chi connectivity index (χ4v) is 1.45. The number of carboxylic acid groups (broad SMARTS) is 1. The quantitative estimate of drug-likeness (QED) is 0.873. The monoisotopic (exact) mass is 260 g/mol. The van der Waals surface area contributed by atoms with Crippen LogP contribution in [-0.4, -0.2) is 23.3 Å². The third kappa shape index (κ3) is 2.05. The Morgan fingerprint density at radius 2 is 2.21 bits per heavy atom. The largest absolute Gasteiger partial charge is 0.506 e. The Morgan fingerprint density at radius 1 is 1.57 bits per heavy atom. The average molecular weight is 261 g/mol. The van der Waals surface area contributed by atoms with Crippen LogP contribution in [0.15, 0.2) is 16.6 Å². The normalized spacial score (nSPS) is 10.1. The minimum Gasteiger partial charge on any atom is -0.506 e. The van der Waals surface area contributed by atoms with Crippen molar-refractivity contribution in [2.24, 2.45) is 0 Å². The third-order valence-electron chi connectivity index (χ3n) is 1.73. The van der Waals surface area contributed by atoms with Crippen LogP contribution >= 0.6 is 15.9 Å². The maximum atomic E-state index is 10.8. The first kappa shape index (κ1) is 11.0. The summed E-state index contributed by atoms with van der Waals surface area (Å²) in [6, 6.07) is 3.17. The van der Waals surface area contributed by atoms with Gasteiger partial charge in [0.25, 0.3) is 0 Å². The summed E-state index contributed by atoms with van der Waals surface area (Å²) >= 11 is 3.05. The van der Waals surface area contributed by atoms with Gasteiger partial charge in [0.2, 0.25) is 0 Å². The molecule has 0 atom stereocenters. The molecular weight excluding hydrogens is 252 g/mol. The van der Waals surface area contributed by atoms with Gasteiger partial charge < -0.3 is 14.9 Å². The first-order valence-electron chi connectivity index (χ1n) is 3.80. The fraction of sp³-hybridized carbons (Fsp3) is 0.222. The summed E-state index contributed by atoms with van der Waals surface area (Å²) in [5.74, 6) is -1.44. The maximum absolute atomic E-state index is 10.8. The number of benzene rings is 1. The summed E-state index contributed by atoms with van der Waals surface area (Å²) in [6.45, 7) is 0.155. The molecule has 2 N–H and O–H groups in total. The van der Waals surface area contributed by atoms with E-state index in [0.29, 0.717) is 10.0 Å². The second-order valence-corrected chi connectivity index (χ2v) is 3.52. The minimum absolute atomic E-state index is 0.124. The van der Waals surface area contributed by atoms with Crippen LogP contribution in [0.2, 0.25) is 0 Å². The Balaban J connectivity index is 3.30. The molecule has 0 aliphatic heterocycles. The van der Waals surface area contributed by atoms with Crippen molar-refractivity contribution in [1.82, 2.24) is 0 Å². The van der Waals surface area contributed by atoms with E-state index >= 15 is 0 Å². The lowest BCUT2D eigenvalue weighted by atomic mass is 10.1. The Hall–Kier alpha value is -1.07. The molecule has 1 aromatic rings. The summed E-state index contributed by atoms with van der Waals surface area (Å²) in [6.07, 6.45) is 0. The van der Waals surface area contributed by atoms with Gasteiger partial charge >= 0.3 is 5.97 Å². The summed E-state index contributed by atoms with van der Waals surface area (Å²) in [5, 5.41) is 18.4. The smallest absolute Gasteiger partial charge is 0.339 e. The van der Waals surface area contributed by atoms with Crippen molar-refractivity contribution in [2.45, 2.75) is 6.61 Å². The van der Waals surface area contributed by atoms with Gasteiger partial charge in [0.15, 0.2) is 0 Å². The number of methoxy groups -OCH3 is 1. The van der Waals surface area contributed by atoms with Crippen LogP contribution in [0.25, 0.3) is 0 Å². The molecule has 4 nitrogen and oxygen atoms in total. The topological polar surface area (TPSA) is 66.8 Å². The van der Waals surface area contributed by atoms with Gasteiger partial charge in [-0.25, -0.2) is 4.79 Å². The summed E-state index contributed by atoms with van der Waals surface area (Å²) in [5.41, 5.74) is 0.321. The van der Waals surface area contributed by atoms with Gasteiger partial charge in [0, 0.05) is 7.11 Å². The number of phenols is 1. The standard InChI is InChI=1S/C9H9BrO4/c1-14-4-5-2-3-6(10)8(11)7(5)9(12)13/h2-3,11H,4H2,1H3,(H,12,13). The summed E-state index contributed by atoms with van der Waals surface area (Å²) in [7, 11) is 1.46. The predicted octanol–water partition coefficient (Wildman–Crippen LogP) is 2.00. The lowest BCUT2D eigenvalue weighted by Crippen LogP contribution is -2.04. The van der Waals surface area contributed by atoms with Crippen molar-refractivity contribution in [3.8, 4) is 5.75 Å². The van der Waals surface area contributed by atoms with Crippen molar-refractivity contribution in [3.05, 3.63) is 27.7 Å². The molecule has 76 valence electrons. The molecule has 0 unspecified atom stereocenters. The lowest BCUT2D eigenvalue weighted by molar-refractivity contribution is 0.0688. The van der Waals surface area contributed by atoms with Crippen molar-refractivity contribution in [3.63, 3.8) is 0 Å². The van der Waals surface area contributed by atoms with Crippen molar-refractivity contribution in [2.75, 3.05) is 7.11 Å². The van der Waals surface area contributed by atoms with Crippen molar-refractivity contribution >= 4 is 21.9 Å². The highest BCUT2D eigenvalue weighted by Gasteiger charge is 2.17. The lowest BCUT2D eigenvalue weighted by Gasteiger charge is -2.08. The number of carbonyl (C=O) groups is 1. The molecule has 0 radical (unpaired) electrons. The van der Waals surface area contributed by atoms with E-state index in [1.807, 2.05) is 0 Å². The van der Waals surface area contributed by atoms with Crippen molar-refractivity contribution in [1.29, 1.82) is 0 Å². The Bertz CT molecular complexity index is 362. The number of carboxylic acids is 1. The number of hydrogen-bond donors (Lipinski definition) is 2. The zero-order chi connectivity index (χ0) is 10.7. The number of hydrogen-bond acceptors (Lipinski definition) is 3. The van der Waals surface area contributed by atoms with Crippen LogP contribution in [0.3, 0.4) is 0 Å². The van der Waals surface area contributed by atoms with Gasteiger partial charge in [-0.05, 0) is 27.6 Å². The van der Waals surface area contributed by atoms with E-state index in [1.165, 1.54) is 7.11 Å². The van der Waals surface area contributed by atoms with Gasteiger partial charge in [-0.3, -0.25) is 0 Å². The van der Waals surface area contributed by atoms with Crippen molar-refractivity contribution < 1.29 is 19.7 Å². The van der Waals surface area contributed by atoms with E-state index in [0.717, 1.165) is 0 Å².